The van der Waals surface area contributed by atoms with Crippen molar-refractivity contribution < 1.29 is 4.79 Å². The lowest BCUT2D eigenvalue weighted by Crippen LogP contribution is -2.23. The molecule has 1 amide bonds. The van der Waals surface area contributed by atoms with Crippen LogP contribution in [0.3, 0.4) is 0 Å². The monoisotopic (exact) mass is 250 g/mol. The summed E-state index contributed by atoms with van der Waals surface area (Å²) in [4.78, 5) is 17.8. The second kappa shape index (κ2) is 4.55. The molecule has 6 heteroatoms. The van der Waals surface area contributed by atoms with Crippen LogP contribution >= 0.6 is 11.6 Å². The van der Waals surface area contributed by atoms with Crippen LogP contribution in [-0.2, 0) is 4.79 Å². The van der Waals surface area contributed by atoms with Gasteiger partial charge in [-0.2, -0.15) is 10.1 Å². The number of hydrogen-bond acceptors (Lipinski definition) is 4. The molecule has 2 rings (SSSR count). The van der Waals surface area contributed by atoms with Gasteiger partial charge in [0.1, 0.15) is 5.15 Å². The number of anilines is 1. The first kappa shape index (κ1) is 11.6. The van der Waals surface area contributed by atoms with E-state index in [1.807, 2.05) is 14.1 Å². The number of carbonyl (C=O) groups is 1. The third-order valence-electron chi connectivity index (χ3n) is 2.07. The maximum absolute atomic E-state index is 12.0. The topological polar surface area (TPSA) is 48.8 Å². The molecule has 1 aromatic heterocycles. The van der Waals surface area contributed by atoms with Gasteiger partial charge in [-0.1, -0.05) is 17.7 Å². The fourth-order valence-electron chi connectivity index (χ4n) is 1.40. The summed E-state index contributed by atoms with van der Waals surface area (Å²) in [6.45, 7) is 0. The number of pyridine rings is 1. The molecule has 1 aliphatic heterocycles. The Bertz CT molecular complexity index is 510. The van der Waals surface area contributed by atoms with Gasteiger partial charge in [0.25, 0.3) is 5.91 Å². The molecule has 5 nitrogen and oxygen atoms in total. The molecule has 17 heavy (non-hydrogen) atoms. The van der Waals surface area contributed by atoms with Gasteiger partial charge in [0, 0.05) is 20.3 Å². The van der Waals surface area contributed by atoms with E-state index in [2.05, 4.69) is 10.1 Å². The van der Waals surface area contributed by atoms with E-state index in [0.29, 0.717) is 16.5 Å². The van der Waals surface area contributed by atoms with E-state index in [0.717, 1.165) is 0 Å². The maximum atomic E-state index is 12.0. The summed E-state index contributed by atoms with van der Waals surface area (Å²) in [6.07, 6.45) is 3.21. The molecule has 0 atom stereocenters. The van der Waals surface area contributed by atoms with E-state index < -0.39 is 0 Å². The van der Waals surface area contributed by atoms with Gasteiger partial charge in [-0.15, -0.1) is 0 Å². The highest BCUT2D eigenvalue weighted by Gasteiger charge is 2.25. The van der Waals surface area contributed by atoms with Gasteiger partial charge >= 0.3 is 0 Å². The Hall–Kier alpha value is -1.88. The van der Waals surface area contributed by atoms with Gasteiger partial charge in [0.2, 0.25) is 0 Å². The number of rotatable bonds is 2. The summed E-state index contributed by atoms with van der Waals surface area (Å²) in [7, 11) is 3.68. The van der Waals surface area contributed by atoms with Crippen molar-refractivity contribution in [3.8, 4) is 0 Å². The van der Waals surface area contributed by atoms with Crippen molar-refractivity contribution >= 4 is 29.5 Å². The molecule has 0 radical (unpaired) electrons. The molecule has 88 valence electrons. The van der Waals surface area contributed by atoms with E-state index in [4.69, 9.17) is 11.6 Å². The fraction of sp³-hybridized carbons (Fsp3) is 0.182. The molecular formula is C11H11ClN4O. The normalized spacial score (nSPS) is 17.0. The van der Waals surface area contributed by atoms with Crippen molar-refractivity contribution in [3.05, 3.63) is 35.1 Å². The van der Waals surface area contributed by atoms with Crippen molar-refractivity contribution in [2.75, 3.05) is 19.1 Å². The van der Waals surface area contributed by atoms with E-state index in [1.54, 1.807) is 29.3 Å². The van der Waals surface area contributed by atoms with E-state index >= 15 is 0 Å². The summed E-state index contributed by atoms with van der Waals surface area (Å²) in [6, 6.07) is 5.05. The lowest BCUT2D eigenvalue weighted by molar-refractivity contribution is -0.114. The summed E-state index contributed by atoms with van der Waals surface area (Å²) in [5, 5.41) is 5.56. The molecule has 0 N–H and O–H groups in total. The van der Waals surface area contributed by atoms with Crippen LogP contribution in [0.25, 0.3) is 0 Å². The van der Waals surface area contributed by atoms with Gasteiger partial charge in [-0.05, 0) is 12.1 Å². The van der Waals surface area contributed by atoms with Crippen LogP contribution in [0.2, 0.25) is 5.15 Å². The minimum Gasteiger partial charge on any atom is -0.383 e. The summed E-state index contributed by atoms with van der Waals surface area (Å²) in [5.74, 6) is 0.203. The number of halogens is 1. The Kier molecular flexibility index (Phi) is 3.10. The maximum Gasteiger partial charge on any atom is 0.283 e. The first-order valence-electron chi connectivity index (χ1n) is 4.97. The van der Waals surface area contributed by atoms with Crippen LogP contribution in [0, 0.1) is 0 Å². The Balaban J connectivity index is 2.27. The average Bonchev–Trinajstić information content (AvgIpc) is 2.60. The van der Waals surface area contributed by atoms with Crippen LogP contribution in [0.4, 0.5) is 5.82 Å². The van der Waals surface area contributed by atoms with Crippen molar-refractivity contribution in [2.24, 2.45) is 5.10 Å². The molecule has 0 saturated heterocycles. The predicted octanol–water partition coefficient (Wildman–Crippen LogP) is 1.51. The zero-order valence-corrected chi connectivity index (χ0v) is 10.2. The van der Waals surface area contributed by atoms with Gasteiger partial charge in [-0.3, -0.25) is 4.79 Å². The lowest BCUT2D eigenvalue weighted by Gasteiger charge is -2.11. The van der Waals surface area contributed by atoms with E-state index in [-0.39, 0.29) is 5.91 Å². The molecule has 0 fully saturated rings. The van der Waals surface area contributed by atoms with Crippen LogP contribution < -0.4 is 5.01 Å². The minimum absolute atomic E-state index is 0.214. The number of amides is 1. The fourth-order valence-corrected chi connectivity index (χ4v) is 1.55. The molecule has 0 bridgehead atoms. The largest absolute Gasteiger partial charge is 0.383 e. The number of hydrogen-bond donors (Lipinski definition) is 0. The summed E-state index contributed by atoms with van der Waals surface area (Å²) < 4.78 is 0. The van der Waals surface area contributed by atoms with Crippen molar-refractivity contribution in [1.82, 2.24) is 9.88 Å². The van der Waals surface area contributed by atoms with Crippen LogP contribution in [0.15, 0.2) is 35.1 Å². The zero-order valence-electron chi connectivity index (χ0n) is 9.46. The Morgan fingerprint density at radius 2 is 2.18 bits per heavy atom. The quantitative estimate of drug-likeness (QED) is 0.591. The number of aromatic nitrogens is 1. The molecule has 2 heterocycles. The smallest absolute Gasteiger partial charge is 0.283 e. The highest BCUT2D eigenvalue weighted by Crippen LogP contribution is 2.20. The highest BCUT2D eigenvalue weighted by molar-refractivity contribution is 6.29. The summed E-state index contributed by atoms with van der Waals surface area (Å²) in [5.41, 5.74) is 0.511. The Morgan fingerprint density at radius 1 is 1.41 bits per heavy atom. The van der Waals surface area contributed by atoms with Crippen LogP contribution in [0.5, 0.6) is 0 Å². The molecule has 0 saturated carbocycles. The second-order valence-corrected chi connectivity index (χ2v) is 4.12. The molecule has 0 aromatic carbocycles. The Morgan fingerprint density at radius 3 is 2.82 bits per heavy atom. The number of nitrogens with zero attached hydrogens (tertiary/aromatic N) is 4. The molecule has 1 aliphatic rings. The van der Waals surface area contributed by atoms with Crippen LogP contribution in [-0.4, -0.2) is 36.1 Å². The van der Waals surface area contributed by atoms with Gasteiger partial charge in [0.15, 0.2) is 5.82 Å². The van der Waals surface area contributed by atoms with Crippen LogP contribution in [0.1, 0.15) is 0 Å². The molecule has 0 unspecified atom stereocenters. The zero-order chi connectivity index (χ0) is 12.4. The number of hydrazone groups is 1. The SMILES string of the molecule is CN(C)C=C1C=NN(c2cccc(Cl)n2)C1=O. The van der Waals surface area contributed by atoms with Crippen molar-refractivity contribution in [1.29, 1.82) is 0 Å². The molecule has 1 aromatic rings. The summed E-state index contributed by atoms with van der Waals surface area (Å²) >= 11 is 5.77. The number of carbonyl (C=O) groups excluding carboxylic acids is 1. The van der Waals surface area contributed by atoms with Gasteiger partial charge < -0.3 is 4.90 Å². The second-order valence-electron chi connectivity index (χ2n) is 3.73. The lowest BCUT2D eigenvalue weighted by atomic mass is 10.3. The Labute approximate surface area is 104 Å². The average molecular weight is 251 g/mol. The molecule has 0 aliphatic carbocycles. The third kappa shape index (κ3) is 2.45. The minimum atomic E-state index is -0.214. The van der Waals surface area contributed by atoms with Gasteiger partial charge in [-0.25, -0.2) is 4.98 Å². The van der Waals surface area contributed by atoms with Crippen molar-refractivity contribution in [2.45, 2.75) is 0 Å². The van der Waals surface area contributed by atoms with Gasteiger partial charge in [0.05, 0.1) is 11.8 Å². The third-order valence-corrected chi connectivity index (χ3v) is 2.28. The first-order valence-corrected chi connectivity index (χ1v) is 5.35. The molecule has 0 spiro atoms. The van der Waals surface area contributed by atoms with Crippen molar-refractivity contribution in [3.63, 3.8) is 0 Å². The van der Waals surface area contributed by atoms with E-state index in [1.165, 1.54) is 11.2 Å². The predicted molar refractivity (Wildman–Crippen MR) is 67.0 cm³/mol. The standard InChI is InChI=1S/C11H11ClN4O/c1-15(2)7-8-6-13-16(11(8)17)10-5-3-4-9(12)14-10/h3-7H,1-2H3. The van der Waals surface area contributed by atoms with E-state index in [9.17, 15) is 4.79 Å². The molecular weight excluding hydrogens is 240 g/mol. The first-order chi connectivity index (χ1) is 8.08. The highest BCUT2D eigenvalue weighted by atomic mass is 35.5.